The summed E-state index contributed by atoms with van der Waals surface area (Å²) in [5, 5.41) is 11.3. The van der Waals surface area contributed by atoms with Crippen molar-refractivity contribution in [3.8, 4) is 11.8 Å². The summed E-state index contributed by atoms with van der Waals surface area (Å²) in [5.41, 5.74) is 1.46. The molecule has 2 aromatic carbocycles. The number of urea groups is 1. The van der Waals surface area contributed by atoms with Gasteiger partial charge in [0, 0.05) is 36.3 Å². The SMILES string of the molecule is CCCCCCCN(Cc1cccn1-c1ccc(C#N)cc1)C(=O)Nc1c(F)cc(F)cc1F. The van der Waals surface area contributed by atoms with Gasteiger partial charge in [-0.15, -0.1) is 0 Å². The summed E-state index contributed by atoms with van der Waals surface area (Å²) in [6.45, 7) is 2.69. The predicted molar refractivity (Wildman–Crippen MR) is 125 cm³/mol. The van der Waals surface area contributed by atoms with Crippen molar-refractivity contribution in [2.45, 2.75) is 45.6 Å². The first kappa shape index (κ1) is 24.9. The van der Waals surface area contributed by atoms with Crippen LogP contribution in [0.3, 0.4) is 0 Å². The fourth-order valence-electron chi connectivity index (χ4n) is 3.70. The lowest BCUT2D eigenvalue weighted by molar-refractivity contribution is 0.206. The molecule has 0 bridgehead atoms. The van der Waals surface area contributed by atoms with Crippen LogP contribution < -0.4 is 5.32 Å². The van der Waals surface area contributed by atoms with Crippen LogP contribution >= 0.6 is 0 Å². The number of nitrogens with one attached hydrogen (secondary N) is 1. The lowest BCUT2D eigenvalue weighted by atomic mass is 10.1. The van der Waals surface area contributed by atoms with Crippen LogP contribution in [0.25, 0.3) is 5.69 Å². The summed E-state index contributed by atoms with van der Waals surface area (Å²) in [6, 6.07) is 13.2. The second kappa shape index (κ2) is 11.9. The lowest BCUT2D eigenvalue weighted by Gasteiger charge is -2.24. The van der Waals surface area contributed by atoms with Gasteiger partial charge in [0.1, 0.15) is 11.5 Å². The fourth-order valence-corrected chi connectivity index (χ4v) is 3.70. The van der Waals surface area contributed by atoms with Crippen molar-refractivity contribution in [2.75, 3.05) is 11.9 Å². The zero-order chi connectivity index (χ0) is 24.5. The number of carbonyl (C=O) groups excluding carboxylic acids is 1. The molecule has 0 atom stereocenters. The van der Waals surface area contributed by atoms with E-state index < -0.39 is 29.2 Å². The topological polar surface area (TPSA) is 61.1 Å². The Morgan fingerprint density at radius 1 is 1.03 bits per heavy atom. The van der Waals surface area contributed by atoms with Crippen molar-refractivity contribution in [1.82, 2.24) is 9.47 Å². The quantitative estimate of drug-likeness (QED) is 0.334. The van der Waals surface area contributed by atoms with Gasteiger partial charge in [-0.05, 0) is 42.8 Å². The molecule has 0 aliphatic heterocycles. The molecule has 1 aromatic heterocycles. The number of benzene rings is 2. The molecule has 3 aromatic rings. The molecule has 3 rings (SSSR count). The largest absolute Gasteiger partial charge is 0.322 e. The molecular weight excluding hydrogens is 441 g/mol. The van der Waals surface area contributed by atoms with Crippen molar-refractivity contribution >= 4 is 11.7 Å². The normalized spacial score (nSPS) is 10.7. The number of hydrogen-bond acceptors (Lipinski definition) is 2. The molecule has 0 saturated heterocycles. The van der Waals surface area contributed by atoms with Gasteiger partial charge in [-0.3, -0.25) is 0 Å². The van der Waals surface area contributed by atoms with Crippen molar-refractivity contribution < 1.29 is 18.0 Å². The van der Waals surface area contributed by atoms with E-state index in [1.165, 1.54) is 4.90 Å². The number of nitriles is 1. The average Bonchev–Trinajstić information content (AvgIpc) is 3.28. The van der Waals surface area contributed by atoms with E-state index in [2.05, 4.69) is 18.3 Å². The Morgan fingerprint density at radius 2 is 1.71 bits per heavy atom. The molecule has 0 radical (unpaired) electrons. The number of aromatic nitrogens is 1. The highest BCUT2D eigenvalue weighted by Gasteiger charge is 2.20. The fraction of sp³-hybridized carbons (Fsp3) is 0.308. The van der Waals surface area contributed by atoms with Crippen molar-refractivity contribution in [3.63, 3.8) is 0 Å². The second-order valence-corrected chi connectivity index (χ2v) is 8.04. The molecule has 1 heterocycles. The minimum absolute atomic E-state index is 0.192. The van der Waals surface area contributed by atoms with Crippen LogP contribution in [0.1, 0.15) is 50.3 Å². The summed E-state index contributed by atoms with van der Waals surface area (Å²) in [7, 11) is 0. The van der Waals surface area contributed by atoms with Crippen LogP contribution in [0.5, 0.6) is 0 Å². The molecule has 8 heteroatoms. The summed E-state index contributed by atoms with van der Waals surface area (Å²) >= 11 is 0. The van der Waals surface area contributed by atoms with Gasteiger partial charge in [0.05, 0.1) is 18.2 Å². The minimum Gasteiger partial charge on any atom is -0.319 e. The Hall–Kier alpha value is -3.73. The van der Waals surface area contributed by atoms with Gasteiger partial charge < -0.3 is 14.8 Å². The molecule has 1 N–H and O–H groups in total. The van der Waals surface area contributed by atoms with Crippen LogP contribution in [0.2, 0.25) is 0 Å². The van der Waals surface area contributed by atoms with E-state index in [1.54, 1.807) is 24.3 Å². The number of unbranched alkanes of at least 4 members (excludes halogenated alkanes) is 4. The molecule has 0 spiro atoms. The van der Waals surface area contributed by atoms with Crippen LogP contribution in [0, 0.1) is 28.8 Å². The Balaban J connectivity index is 1.80. The number of nitrogens with zero attached hydrogens (tertiary/aromatic N) is 3. The third-order valence-electron chi connectivity index (χ3n) is 5.52. The number of amides is 2. The number of carbonyl (C=O) groups is 1. The van der Waals surface area contributed by atoms with Crippen LogP contribution in [-0.4, -0.2) is 22.0 Å². The summed E-state index contributed by atoms with van der Waals surface area (Å²) in [5.74, 6) is -3.40. The molecule has 0 fully saturated rings. The predicted octanol–water partition coefficient (Wildman–Crippen LogP) is 6.77. The van der Waals surface area contributed by atoms with Gasteiger partial charge >= 0.3 is 6.03 Å². The van der Waals surface area contributed by atoms with Crippen molar-refractivity contribution in [2.24, 2.45) is 0 Å². The first-order valence-corrected chi connectivity index (χ1v) is 11.3. The van der Waals surface area contributed by atoms with Gasteiger partial charge in [0.2, 0.25) is 0 Å². The third kappa shape index (κ3) is 6.41. The van der Waals surface area contributed by atoms with Gasteiger partial charge in [-0.25, -0.2) is 18.0 Å². The van der Waals surface area contributed by atoms with E-state index in [0.29, 0.717) is 24.2 Å². The highest BCUT2D eigenvalue weighted by atomic mass is 19.1. The lowest BCUT2D eigenvalue weighted by Crippen LogP contribution is -2.36. The maximum atomic E-state index is 14.1. The van der Waals surface area contributed by atoms with Gasteiger partial charge in [0.25, 0.3) is 0 Å². The zero-order valence-corrected chi connectivity index (χ0v) is 19.0. The van der Waals surface area contributed by atoms with Gasteiger partial charge in [0.15, 0.2) is 11.6 Å². The smallest absolute Gasteiger partial charge is 0.319 e. The Kier molecular flexibility index (Phi) is 8.74. The number of rotatable bonds is 10. The highest BCUT2D eigenvalue weighted by molar-refractivity contribution is 5.89. The summed E-state index contributed by atoms with van der Waals surface area (Å²) in [6.07, 6.45) is 6.72. The Bertz CT molecular complexity index is 1130. The molecule has 0 unspecified atom stereocenters. The van der Waals surface area contributed by atoms with E-state index >= 15 is 0 Å². The zero-order valence-electron chi connectivity index (χ0n) is 19.0. The van der Waals surface area contributed by atoms with E-state index in [0.717, 1.165) is 43.5 Å². The van der Waals surface area contributed by atoms with Gasteiger partial charge in [-0.1, -0.05) is 32.6 Å². The number of halogens is 3. The molecule has 178 valence electrons. The maximum absolute atomic E-state index is 14.1. The van der Waals surface area contributed by atoms with Gasteiger partial charge in [-0.2, -0.15) is 5.26 Å². The molecule has 2 amide bonds. The Morgan fingerprint density at radius 3 is 2.35 bits per heavy atom. The standard InChI is InChI=1S/C26H27F3N4O/c1-2-3-4-5-6-13-32(26(34)31-25-23(28)15-20(27)16-24(25)29)18-22-8-7-14-33(22)21-11-9-19(17-30)10-12-21/h7-12,14-16H,2-6,13,18H2,1H3,(H,31,34). The first-order chi connectivity index (χ1) is 16.4. The third-order valence-corrected chi connectivity index (χ3v) is 5.52. The van der Waals surface area contributed by atoms with Crippen molar-refractivity contribution in [1.29, 1.82) is 5.26 Å². The highest BCUT2D eigenvalue weighted by Crippen LogP contribution is 2.22. The van der Waals surface area contributed by atoms with Crippen LogP contribution in [-0.2, 0) is 6.54 Å². The summed E-state index contributed by atoms with van der Waals surface area (Å²) < 4.78 is 43.4. The second-order valence-electron chi connectivity index (χ2n) is 8.04. The minimum atomic E-state index is -1.17. The van der Waals surface area contributed by atoms with E-state index in [-0.39, 0.29) is 6.54 Å². The van der Waals surface area contributed by atoms with E-state index in [1.807, 2.05) is 22.9 Å². The van der Waals surface area contributed by atoms with Crippen molar-refractivity contribution in [3.05, 3.63) is 83.4 Å². The van der Waals surface area contributed by atoms with E-state index in [9.17, 15) is 18.0 Å². The molecule has 0 aliphatic carbocycles. The van der Waals surface area contributed by atoms with Crippen LogP contribution in [0.15, 0.2) is 54.7 Å². The van der Waals surface area contributed by atoms with Crippen LogP contribution in [0.4, 0.5) is 23.7 Å². The average molecular weight is 469 g/mol. The molecule has 0 aliphatic rings. The monoisotopic (exact) mass is 468 g/mol. The molecule has 5 nitrogen and oxygen atoms in total. The molecule has 34 heavy (non-hydrogen) atoms. The molecular formula is C26H27F3N4O. The van der Waals surface area contributed by atoms with E-state index in [4.69, 9.17) is 5.26 Å². The number of anilines is 1. The molecule has 0 saturated carbocycles. The summed E-state index contributed by atoms with van der Waals surface area (Å²) in [4.78, 5) is 14.5. The number of hydrogen-bond donors (Lipinski definition) is 1. The maximum Gasteiger partial charge on any atom is 0.322 e. The Labute approximate surface area is 197 Å². The first-order valence-electron chi connectivity index (χ1n) is 11.3.